The van der Waals surface area contributed by atoms with Crippen molar-refractivity contribution in [1.82, 2.24) is 9.46 Å². The number of ether oxygens (including phenoxy) is 1. The van der Waals surface area contributed by atoms with Crippen LogP contribution in [0.15, 0.2) is 45.8 Å². The number of anilines is 1. The molecule has 0 saturated carbocycles. The number of aryl methyl sites for hydroxylation is 4. The van der Waals surface area contributed by atoms with Crippen molar-refractivity contribution >= 4 is 33.8 Å². The number of amides is 1. The molecule has 1 N–H and O–H groups in total. The maximum Gasteiger partial charge on any atom is 0.248 e. The van der Waals surface area contributed by atoms with Crippen molar-refractivity contribution in [3.05, 3.63) is 70.1 Å². The van der Waals surface area contributed by atoms with Crippen molar-refractivity contribution < 1.29 is 22.5 Å². The smallest absolute Gasteiger partial charge is 0.248 e. The molecular formula is C28H33N3O5S. The van der Waals surface area contributed by atoms with Crippen LogP contribution in [0, 0.1) is 33.6 Å². The number of sulfonamides is 1. The van der Waals surface area contributed by atoms with Gasteiger partial charge in [-0.05, 0) is 75.4 Å². The Morgan fingerprint density at radius 2 is 1.84 bits per heavy atom. The minimum Gasteiger partial charge on any atom is -0.495 e. The van der Waals surface area contributed by atoms with Crippen molar-refractivity contribution in [2.75, 3.05) is 25.5 Å². The van der Waals surface area contributed by atoms with Crippen LogP contribution in [0.4, 0.5) is 5.69 Å². The van der Waals surface area contributed by atoms with Gasteiger partial charge in [0.1, 0.15) is 11.4 Å². The normalized spacial score (nSPS) is 16.7. The van der Waals surface area contributed by atoms with E-state index < -0.39 is 15.9 Å². The summed E-state index contributed by atoms with van der Waals surface area (Å²) in [5.74, 6) is -0.00785. The van der Waals surface area contributed by atoms with E-state index in [1.807, 2.05) is 32.9 Å². The lowest BCUT2D eigenvalue weighted by Gasteiger charge is -2.31. The number of hydrogen-bond donors (Lipinski definition) is 1. The molecule has 3 aromatic rings. The summed E-state index contributed by atoms with van der Waals surface area (Å²) in [4.78, 5) is 13.1. The van der Waals surface area contributed by atoms with Crippen LogP contribution >= 0.6 is 0 Å². The SMILES string of the molecule is COc1ccccc1NC(=O)[C@H]1CCCN(S(=O)(=O)c2c(C)noc2/C=C/c2c(C)cc(C)cc2C)C1. The summed E-state index contributed by atoms with van der Waals surface area (Å²) in [6.45, 7) is 8.10. The number of carbonyl (C=O) groups is 1. The lowest BCUT2D eigenvalue weighted by molar-refractivity contribution is -0.120. The summed E-state index contributed by atoms with van der Waals surface area (Å²) in [5.41, 5.74) is 5.20. The predicted octanol–water partition coefficient (Wildman–Crippen LogP) is 5.13. The van der Waals surface area contributed by atoms with Crippen molar-refractivity contribution in [2.45, 2.75) is 45.4 Å². The number of methoxy groups -OCH3 is 1. The Bertz CT molecular complexity index is 1420. The van der Waals surface area contributed by atoms with E-state index in [4.69, 9.17) is 9.26 Å². The van der Waals surface area contributed by atoms with Crippen LogP contribution in [0.2, 0.25) is 0 Å². The topological polar surface area (TPSA) is 102 Å². The number of rotatable bonds is 7. The van der Waals surface area contributed by atoms with Gasteiger partial charge in [-0.2, -0.15) is 4.31 Å². The van der Waals surface area contributed by atoms with E-state index in [9.17, 15) is 13.2 Å². The first-order chi connectivity index (χ1) is 17.6. The summed E-state index contributed by atoms with van der Waals surface area (Å²) in [7, 11) is -2.41. The lowest BCUT2D eigenvalue weighted by Crippen LogP contribution is -2.43. The molecule has 0 unspecified atom stereocenters. The number of carbonyl (C=O) groups excluding carboxylic acids is 1. The molecule has 196 valence electrons. The minimum absolute atomic E-state index is 0.0388. The lowest BCUT2D eigenvalue weighted by atomic mass is 9.98. The molecule has 8 nitrogen and oxygen atoms in total. The van der Waals surface area contributed by atoms with Gasteiger partial charge in [-0.3, -0.25) is 4.79 Å². The van der Waals surface area contributed by atoms with Gasteiger partial charge in [0, 0.05) is 13.1 Å². The maximum absolute atomic E-state index is 13.7. The van der Waals surface area contributed by atoms with E-state index in [1.54, 1.807) is 31.2 Å². The third kappa shape index (κ3) is 5.62. The van der Waals surface area contributed by atoms with Gasteiger partial charge < -0.3 is 14.6 Å². The van der Waals surface area contributed by atoms with Crippen LogP contribution in [0.5, 0.6) is 5.75 Å². The van der Waals surface area contributed by atoms with Crippen molar-refractivity contribution in [1.29, 1.82) is 0 Å². The highest BCUT2D eigenvalue weighted by Gasteiger charge is 2.37. The fraction of sp³-hybridized carbons (Fsp3) is 0.357. The highest BCUT2D eigenvalue weighted by atomic mass is 32.2. The summed E-state index contributed by atoms with van der Waals surface area (Å²) < 4.78 is 39.6. The second kappa shape index (κ2) is 10.9. The Morgan fingerprint density at radius 1 is 1.14 bits per heavy atom. The monoisotopic (exact) mass is 523 g/mol. The minimum atomic E-state index is -3.94. The van der Waals surface area contributed by atoms with Crippen LogP contribution < -0.4 is 10.1 Å². The molecular weight excluding hydrogens is 490 g/mol. The first-order valence-corrected chi connectivity index (χ1v) is 13.7. The Kier molecular flexibility index (Phi) is 7.85. The third-order valence-corrected chi connectivity index (χ3v) is 8.71. The van der Waals surface area contributed by atoms with Gasteiger partial charge in [0.25, 0.3) is 0 Å². The van der Waals surface area contributed by atoms with Crippen molar-refractivity contribution in [3.63, 3.8) is 0 Å². The van der Waals surface area contributed by atoms with E-state index >= 15 is 0 Å². The molecule has 0 bridgehead atoms. The molecule has 1 aromatic heterocycles. The molecule has 1 atom stereocenters. The Morgan fingerprint density at radius 3 is 2.54 bits per heavy atom. The van der Waals surface area contributed by atoms with Gasteiger partial charge in [0.15, 0.2) is 10.7 Å². The van der Waals surface area contributed by atoms with Crippen LogP contribution in [0.25, 0.3) is 12.2 Å². The van der Waals surface area contributed by atoms with E-state index in [2.05, 4.69) is 22.6 Å². The van der Waals surface area contributed by atoms with Gasteiger partial charge in [-0.25, -0.2) is 8.42 Å². The number of para-hydroxylation sites is 2. The number of hydrogen-bond acceptors (Lipinski definition) is 6. The highest BCUT2D eigenvalue weighted by molar-refractivity contribution is 7.89. The first-order valence-electron chi connectivity index (χ1n) is 12.3. The van der Waals surface area contributed by atoms with Crippen molar-refractivity contribution in [2.24, 2.45) is 5.92 Å². The zero-order valence-electron chi connectivity index (χ0n) is 21.9. The maximum atomic E-state index is 13.7. The molecule has 2 aromatic carbocycles. The number of piperidine rings is 1. The molecule has 9 heteroatoms. The molecule has 1 amide bonds. The molecule has 0 radical (unpaired) electrons. The second-order valence-electron chi connectivity index (χ2n) is 9.50. The fourth-order valence-corrected chi connectivity index (χ4v) is 6.67. The predicted molar refractivity (Wildman–Crippen MR) is 144 cm³/mol. The summed E-state index contributed by atoms with van der Waals surface area (Å²) in [5, 5.41) is 6.84. The molecule has 37 heavy (non-hydrogen) atoms. The highest BCUT2D eigenvalue weighted by Crippen LogP contribution is 2.31. The summed E-state index contributed by atoms with van der Waals surface area (Å²) >= 11 is 0. The van der Waals surface area contributed by atoms with Crippen LogP contribution in [-0.2, 0) is 14.8 Å². The molecule has 0 aliphatic carbocycles. The number of benzene rings is 2. The molecule has 4 rings (SSSR count). The van der Waals surface area contributed by atoms with Crippen molar-refractivity contribution in [3.8, 4) is 5.75 Å². The van der Waals surface area contributed by atoms with Gasteiger partial charge in [0.05, 0.1) is 18.7 Å². The van der Waals surface area contributed by atoms with Gasteiger partial charge in [-0.15, -0.1) is 0 Å². The molecule has 2 heterocycles. The largest absolute Gasteiger partial charge is 0.495 e. The molecule has 0 spiro atoms. The molecule has 1 aliphatic heterocycles. The number of nitrogens with one attached hydrogen (secondary N) is 1. The van der Waals surface area contributed by atoms with Gasteiger partial charge in [-0.1, -0.05) is 41.1 Å². The Balaban J connectivity index is 1.57. The van der Waals surface area contributed by atoms with Crippen LogP contribution in [0.3, 0.4) is 0 Å². The van der Waals surface area contributed by atoms with E-state index in [0.29, 0.717) is 30.8 Å². The van der Waals surface area contributed by atoms with E-state index in [0.717, 1.165) is 16.7 Å². The molecule has 1 fully saturated rings. The van der Waals surface area contributed by atoms with Crippen LogP contribution in [0.1, 0.15) is 46.5 Å². The fourth-order valence-electron chi connectivity index (χ4n) is 4.90. The second-order valence-corrected chi connectivity index (χ2v) is 11.4. The standard InChI is InChI=1S/C28H33N3O5S/c1-18-15-19(2)23(20(3)16-18)12-13-26-27(21(4)30-36-26)37(33,34)31-14-8-9-22(17-31)28(32)29-24-10-6-7-11-25(24)35-5/h6-7,10-13,15-16,22H,8-9,14,17H2,1-5H3,(H,29,32)/b13-12+/t22-/m0/s1. The van der Waals surface area contributed by atoms with Gasteiger partial charge in [0.2, 0.25) is 15.9 Å². The average Bonchev–Trinajstić information content (AvgIpc) is 3.24. The summed E-state index contributed by atoms with van der Waals surface area (Å²) in [6.07, 6.45) is 4.69. The third-order valence-electron chi connectivity index (χ3n) is 6.69. The summed E-state index contributed by atoms with van der Waals surface area (Å²) in [6, 6.07) is 11.3. The Hall–Kier alpha value is -3.43. The zero-order valence-corrected chi connectivity index (χ0v) is 22.7. The number of aromatic nitrogens is 1. The zero-order chi connectivity index (χ0) is 26.7. The first kappa shape index (κ1) is 26.6. The molecule has 1 aliphatic rings. The quantitative estimate of drug-likeness (QED) is 0.461. The van der Waals surface area contributed by atoms with Gasteiger partial charge >= 0.3 is 0 Å². The number of nitrogens with zero attached hydrogens (tertiary/aromatic N) is 2. The average molecular weight is 524 g/mol. The molecule has 1 saturated heterocycles. The Labute approximate surface area is 218 Å². The van der Waals surface area contributed by atoms with E-state index in [-0.39, 0.29) is 28.8 Å². The van der Waals surface area contributed by atoms with E-state index in [1.165, 1.54) is 17.0 Å². The van der Waals surface area contributed by atoms with Crippen LogP contribution in [-0.4, -0.2) is 44.0 Å².